The lowest BCUT2D eigenvalue weighted by Crippen LogP contribution is -2.66. The molecule has 0 aliphatic carbocycles. The van der Waals surface area contributed by atoms with Gasteiger partial charge >= 0.3 is 11.9 Å². The Morgan fingerprint density at radius 2 is 1.97 bits per heavy atom. The van der Waals surface area contributed by atoms with Crippen LogP contribution in [0.5, 0.6) is 0 Å². The molecule has 0 bridgehead atoms. The van der Waals surface area contributed by atoms with Crippen molar-refractivity contribution in [2.24, 2.45) is 5.92 Å². The van der Waals surface area contributed by atoms with E-state index in [0.717, 1.165) is 27.7 Å². The summed E-state index contributed by atoms with van der Waals surface area (Å²) >= 11 is 0. The quantitative estimate of drug-likeness (QED) is 0.515. The number of amides is 1. The molecule has 1 aromatic heterocycles. The van der Waals surface area contributed by atoms with Crippen molar-refractivity contribution in [3.05, 3.63) is 47.2 Å². The van der Waals surface area contributed by atoms with Crippen LogP contribution >= 0.6 is 0 Å². The van der Waals surface area contributed by atoms with Gasteiger partial charge in [0, 0.05) is 42.9 Å². The maximum atomic E-state index is 13.8. The highest BCUT2D eigenvalue weighted by Gasteiger charge is 2.65. The van der Waals surface area contributed by atoms with Crippen molar-refractivity contribution < 1.29 is 28.6 Å². The number of allylic oxidation sites excluding steroid dienone is 1. The molecular weight excluding hydrogens is 424 g/mol. The number of benzene rings is 1. The van der Waals surface area contributed by atoms with Crippen LogP contribution in [-0.4, -0.2) is 53.9 Å². The fourth-order valence-corrected chi connectivity index (χ4v) is 6.20. The normalized spacial score (nSPS) is 29.4. The minimum atomic E-state index is -1.44. The molecule has 0 saturated carbocycles. The highest BCUT2D eigenvalue weighted by atomic mass is 16.7. The summed E-state index contributed by atoms with van der Waals surface area (Å²) in [7, 11) is 1.34. The molecule has 0 unspecified atom stereocenters. The van der Waals surface area contributed by atoms with Crippen molar-refractivity contribution in [3.63, 3.8) is 0 Å². The number of methoxy groups -OCH3 is 1. The number of ether oxygens (including phenoxy) is 3. The SMILES string of the molecule is C/C=C1\CO[C@@H](OC(C)=O)[C@]2(C(=O)OC)[C@H]1C[C@H]1c3c(c4ccccc4n32)CCN1C(C)=O. The van der Waals surface area contributed by atoms with Crippen molar-refractivity contribution in [1.29, 1.82) is 0 Å². The Bertz CT molecular complexity index is 1200. The highest BCUT2D eigenvalue weighted by Crippen LogP contribution is 2.56. The average Bonchev–Trinajstić information content (AvgIpc) is 3.14. The second kappa shape index (κ2) is 7.73. The fourth-order valence-electron chi connectivity index (χ4n) is 6.20. The maximum absolute atomic E-state index is 13.8. The largest absolute Gasteiger partial charge is 0.467 e. The van der Waals surface area contributed by atoms with Gasteiger partial charge in [-0.3, -0.25) is 9.59 Å². The van der Waals surface area contributed by atoms with Crippen LogP contribution in [0.25, 0.3) is 10.9 Å². The summed E-state index contributed by atoms with van der Waals surface area (Å²) in [6.07, 6.45) is 1.98. The first-order valence-electron chi connectivity index (χ1n) is 11.3. The van der Waals surface area contributed by atoms with E-state index >= 15 is 0 Å². The lowest BCUT2D eigenvalue weighted by Gasteiger charge is -2.54. The van der Waals surface area contributed by atoms with Crippen molar-refractivity contribution in [3.8, 4) is 0 Å². The van der Waals surface area contributed by atoms with Gasteiger partial charge in [-0.25, -0.2) is 4.79 Å². The smallest absolute Gasteiger partial charge is 0.339 e. The van der Waals surface area contributed by atoms with E-state index in [9.17, 15) is 14.4 Å². The monoisotopic (exact) mass is 452 g/mol. The van der Waals surface area contributed by atoms with Crippen LogP contribution in [0.2, 0.25) is 0 Å². The van der Waals surface area contributed by atoms with Gasteiger partial charge in [0.05, 0.1) is 19.8 Å². The molecule has 1 saturated heterocycles. The predicted molar refractivity (Wildman–Crippen MR) is 119 cm³/mol. The third-order valence-electron chi connectivity index (χ3n) is 7.44. The lowest BCUT2D eigenvalue weighted by molar-refractivity contribution is -0.234. The van der Waals surface area contributed by atoms with Crippen LogP contribution in [0.1, 0.15) is 44.5 Å². The lowest BCUT2D eigenvalue weighted by atomic mass is 9.68. The summed E-state index contributed by atoms with van der Waals surface area (Å²) in [5.41, 5.74) is 2.33. The summed E-state index contributed by atoms with van der Waals surface area (Å²) < 4.78 is 19.1. The number of hydrogen-bond donors (Lipinski definition) is 0. The van der Waals surface area contributed by atoms with Gasteiger partial charge in [-0.2, -0.15) is 0 Å². The number of rotatable bonds is 2. The van der Waals surface area contributed by atoms with Gasteiger partial charge in [0.25, 0.3) is 0 Å². The predicted octanol–water partition coefficient (Wildman–Crippen LogP) is 2.84. The van der Waals surface area contributed by atoms with Gasteiger partial charge < -0.3 is 23.7 Å². The molecule has 0 N–H and O–H groups in total. The average molecular weight is 453 g/mol. The van der Waals surface area contributed by atoms with Crippen molar-refractivity contribution in [2.45, 2.75) is 51.5 Å². The zero-order chi connectivity index (χ0) is 23.5. The Morgan fingerprint density at radius 3 is 2.64 bits per heavy atom. The number of esters is 2. The molecular formula is C25H28N2O6. The Balaban J connectivity index is 1.91. The number of fused-ring (bicyclic) bond motifs is 5. The summed E-state index contributed by atoms with van der Waals surface area (Å²) in [6, 6.07) is 7.69. The number of para-hydroxylation sites is 1. The summed E-state index contributed by atoms with van der Waals surface area (Å²) in [4.78, 5) is 40.4. The van der Waals surface area contributed by atoms with Crippen molar-refractivity contribution in [2.75, 3.05) is 20.3 Å². The van der Waals surface area contributed by atoms with Gasteiger partial charge in [0.1, 0.15) is 0 Å². The van der Waals surface area contributed by atoms with E-state index in [1.807, 2.05) is 46.7 Å². The Morgan fingerprint density at radius 1 is 1.21 bits per heavy atom. The van der Waals surface area contributed by atoms with Crippen LogP contribution in [0.15, 0.2) is 35.9 Å². The summed E-state index contributed by atoms with van der Waals surface area (Å²) in [5.74, 6) is -1.45. The topological polar surface area (TPSA) is 87.1 Å². The molecule has 0 radical (unpaired) electrons. The number of nitrogens with zero attached hydrogens (tertiary/aromatic N) is 2. The highest BCUT2D eigenvalue weighted by molar-refractivity contribution is 5.92. The van der Waals surface area contributed by atoms with Gasteiger partial charge in [0.2, 0.25) is 17.7 Å². The minimum absolute atomic E-state index is 0.00125. The summed E-state index contributed by atoms with van der Waals surface area (Å²) in [5, 5.41) is 1.03. The number of aromatic nitrogens is 1. The van der Waals surface area contributed by atoms with Gasteiger partial charge in [-0.1, -0.05) is 24.3 Å². The molecule has 5 rings (SSSR count). The molecule has 0 spiro atoms. The molecule has 1 fully saturated rings. The molecule has 33 heavy (non-hydrogen) atoms. The maximum Gasteiger partial charge on any atom is 0.339 e. The first kappa shape index (κ1) is 21.7. The van der Waals surface area contributed by atoms with Crippen LogP contribution in [0.4, 0.5) is 0 Å². The van der Waals surface area contributed by atoms with Crippen LogP contribution in [0.3, 0.4) is 0 Å². The third-order valence-corrected chi connectivity index (χ3v) is 7.44. The second-order valence-corrected chi connectivity index (χ2v) is 8.92. The molecule has 3 aliphatic heterocycles. The second-order valence-electron chi connectivity index (χ2n) is 8.92. The van der Waals surface area contributed by atoms with Crippen LogP contribution < -0.4 is 0 Å². The number of hydrogen-bond acceptors (Lipinski definition) is 6. The van der Waals surface area contributed by atoms with E-state index in [1.165, 1.54) is 14.0 Å². The van der Waals surface area contributed by atoms with E-state index in [1.54, 1.807) is 6.92 Å². The van der Waals surface area contributed by atoms with E-state index in [-0.39, 0.29) is 24.5 Å². The Hall–Kier alpha value is -3.13. The number of carbonyl (C=O) groups excluding carboxylic acids is 3. The van der Waals surface area contributed by atoms with Gasteiger partial charge in [0.15, 0.2) is 0 Å². The third kappa shape index (κ3) is 2.83. The molecule has 1 aromatic carbocycles. The minimum Gasteiger partial charge on any atom is -0.467 e. The zero-order valence-electron chi connectivity index (χ0n) is 19.3. The molecule has 4 atom stereocenters. The zero-order valence-corrected chi connectivity index (χ0v) is 19.3. The first-order chi connectivity index (χ1) is 15.9. The standard InChI is InChI=1S/C25H28N2O6/c1-5-16-13-32-24(33-15(3)29)25(23(30)31-4)19(16)12-21-22-18(10-11-26(21)14(2)28)17-8-6-7-9-20(17)27(22)25/h5-9,19,21,24H,10-13H2,1-4H3/b16-5+/t19-,21-,24-,25+/m0/s1. The van der Waals surface area contributed by atoms with Gasteiger partial charge in [-0.05, 0) is 37.0 Å². The Labute approximate surface area is 192 Å². The molecule has 4 heterocycles. The molecule has 2 aromatic rings. The van der Waals surface area contributed by atoms with Crippen molar-refractivity contribution in [1.82, 2.24) is 9.47 Å². The summed E-state index contributed by atoms with van der Waals surface area (Å²) in [6.45, 7) is 5.65. The molecule has 8 heteroatoms. The molecule has 8 nitrogen and oxygen atoms in total. The van der Waals surface area contributed by atoms with E-state index in [4.69, 9.17) is 14.2 Å². The van der Waals surface area contributed by atoms with Gasteiger partial charge in [-0.15, -0.1) is 0 Å². The molecule has 3 aliphatic rings. The molecule has 1 amide bonds. The van der Waals surface area contributed by atoms with E-state index in [2.05, 4.69) is 0 Å². The first-order valence-corrected chi connectivity index (χ1v) is 11.3. The number of carbonyl (C=O) groups is 3. The van der Waals surface area contributed by atoms with Crippen LogP contribution in [0, 0.1) is 5.92 Å². The Kier molecular flexibility index (Phi) is 5.08. The fraction of sp³-hybridized carbons (Fsp3) is 0.480. The molecule has 174 valence electrons. The van der Waals surface area contributed by atoms with Crippen molar-refractivity contribution >= 4 is 28.7 Å². The van der Waals surface area contributed by atoms with E-state index < -0.39 is 23.8 Å². The van der Waals surface area contributed by atoms with E-state index in [0.29, 0.717) is 19.4 Å². The van der Waals surface area contributed by atoms with Crippen LogP contribution in [-0.2, 0) is 40.6 Å².